The third kappa shape index (κ3) is 59.5. The highest BCUT2D eigenvalue weighted by atomic mass is 16.6. The largest absolute Gasteiger partial charge is 0.494 e. The van der Waals surface area contributed by atoms with Crippen molar-refractivity contribution in [2.45, 2.75) is 242 Å². The first kappa shape index (κ1) is 124. The molecule has 7 aromatic carbocycles. The molecule has 3 N–H and O–H groups in total. The standard InChI is InChI=1S/C33H42O7.C32H37NO7.C29H34O7.C19H26O5.C3H5NO/c1-24(2)31(35)38-22-12-10-8-7-9-11-21-37-28-17-15-27(16-18-28)32(36)39-29-19-13-26(23-25(29)3)14-20-30(34)40-33(4,5)6;1-24(2)31(35)39-21-9-7-5-4-6-8-20-37-28-15-13-27(14-16-28)32(36)40-29-17-11-26(23-25(29)3)12-18-30(34)38-22-10-19-33;1-21(2)28(32)35-19-9-7-5-4-6-8-18-34-25-14-12-24(13-15-25)29(33)36-26-16-10-23(20-22(26)3)11-17-27(30)31;1-15(2)19(22)24-14-8-6-4-3-5-7-13-23-17-11-9-16(10-12-17)18(20)21;4-2-1-3-5/h13-20,23H,1,7-12,21-22H2,2-6H3;11-18,23H,1,4-10,20-22H2,2-3H3;10-17,20H,1,4-9,18-19H2,2-3H3,(H,30,31);9-12H,1,3-8,13-14H2,2H3,(H,20,21);5H,1,3H2/b20-14+;18-12+;17-11+;;. The highest BCUT2D eigenvalue weighted by molar-refractivity contribution is 5.94. The second-order valence-corrected chi connectivity index (χ2v) is 34.8. The van der Waals surface area contributed by atoms with Gasteiger partial charge in [-0.25, -0.2) is 52.7 Å². The van der Waals surface area contributed by atoms with E-state index in [0.29, 0.717) is 138 Å². The molecule has 0 radical (unpaired) electrons. The molecule has 29 heteroatoms. The van der Waals surface area contributed by atoms with Crippen molar-refractivity contribution in [3.63, 3.8) is 0 Å². The quantitative estimate of drug-likeness (QED) is 0.0105. The summed E-state index contributed by atoms with van der Waals surface area (Å²) < 4.78 is 69.9. The maximum Gasteiger partial charge on any atom is 0.343 e. The Balaban J connectivity index is 0.000000495. The molecule has 0 aliphatic heterocycles. The van der Waals surface area contributed by atoms with Crippen LogP contribution >= 0.6 is 0 Å². The normalized spacial score (nSPS) is 10.6. The molecule has 0 amide bonds. The summed E-state index contributed by atoms with van der Waals surface area (Å²) in [4.78, 5) is 128. The van der Waals surface area contributed by atoms with E-state index >= 15 is 0 Å². The fourth-order valence-corrected chi connectivity index (χ4v) is 12.6. The summed E-state index contributed by atoms with van der Waals surface area (Å²) >= 11 is 0. The predicted molar refractivity (Wildman–Crippen MR) is 556 cm³/mol. The molecule has 29 nitrogen and oxygen atoms in total. The van der Waals surface area contributed by atoms with Crippen LogP contribution in [0.5, 0.6) is 40.2 Å². The van der Waals surface area contributed by atoms with Crippen LogP contribution in [0.3, 0.4) is 0 Å². The van der Waals surface area contributed by atoms with E-state index in [4.69, 9.17) is 87.4 Å². The lowest BCUT2D eigenvalue weighted by molar-refractivity contribution is -0.148. The number of nitriles is 2. The van der Waals surface area contributed by atoms with Crippen molar-refractivity contribution in [2.24, 2.45) is 0 Å². The number of aliphatic hydroxyl groups is 1. The van der Waals surface area contributed by atoms with E-state index in [9.17, 15) is 52.7 Å². The van der Waals surface area contributed by atoms with Gasteiger partial charge in [-0.15, -0.1) is 0 Å². The summed E-state index contributed by atoms with van der Waals surface area (Å²) in [7, 11) is 0. The van der Waals surface area contributed by atoms with Crippen molar-refractivity contribution < 1.29 is 130 Å². The number of aryl methyl sites for hydroxylation is 3. The van der Waals surface area contributed by atoms with Gasteiger partial charge in [0.1, 0.15) is 52.5 Å². The summed E-state index contributed by atoms with van der Waals surface area (Å²) in [6.45, 7) is 35.9. The monoisotopic (exact) mass is 2000 g/mol. The number of benzene rings is 7. The Morgan fingerprint density at radius 1 is 0.317 bits per heavy atom. The topological polar surface area (TPSA) is 416 Å². The minimum absolute atomic E-state index is 0.0174. The zero-order valence-electron chi connectivity index (χ0n) is 85.7. The first-order chi connectivity index (χ1) is 69.4. The number of ether oxygens (including phenoxy) is 13. The molecule has 7 rings (SSSR count). The van der Waals surface area contributed by atoms with E-state index in [-0.39, 0.29) is 55.5 Å². The van der Waals surface area contributed by atoms with E-state index < -0.39 is 47.4 Å². The van der Waals surface area contributed by atoms with Gasteiger partial charge in [0.05, 0.1) is 107 Å². The first-order valence-electron chi connectivity index (χ1n) is 48.9. The van der Waals surface area contributed by atoms with Crippen LogP contribution in [0.15, 0.2) is 218 Å². The van der Waals surface area contributed by atoms with Gasteiger partial charge in [-0.1, -0.05) is 147 Å². The van der Waals surface area contributed by atoms with Crippen molar-refractivity contribution >= 4 is 83.9 Å². The minimum atomic E-state index is -1.02. The van der Waals surface area contributed by atoms with Gasteiger partial charge >= 0.3 is 65.7 Å². The van der Waals surface area contributed by atoms with Crippen LogP contribution in [0.25, 0.3) is 18.2 Å². The molecule has 0 atom stereocenters. The number of rotatable bonds is 60. The fraction of sp³-hybridized carbons (Fsp3) is 0.405. The van der Waals surface area contributed by atoms with E-state index in [1.54, 1.807) is 198 Å². The molecule has 0 fully saturated rings. The second-order valence-electron chi connectivity index (χ2n) is 34.8. The summed E-state index contributed by atoms with van der Waals surface area (Å²) in [5.41, 5.74) is 7.15. The molecule has 145 heavy (non-hydrogen) atoms. The van der Waals surface area contributed by atoms with Crippen LogP contribution < -0.4 is 33.2 Å². The second kappa shape index (κ2) is 74.0. The number of esters is 9. The van der Waals surface area contributed by atoms with Gasteiger partial charge in [-0.3, -0.25) is 0 Å². The van der Waals surface area contributed by atoms with Gasteiger partial charge in [0, 0.05) is 40.5 Å². The smallest absolute Gasteiger partial charge is 0.343 e. The Morgan fingerprint density at radius 2 is 0.566 bits per heavy atom. The Hall–Kier alpha value is -15.0. The highest BCUT2D eigenvalue weighted by Gasteiger charge is 2.19. The van der Waals surface area contributed by atoms with Gasteiger partial charge in [0.25, 0.3) is 0 Å². The Bertz CT molecular complexity index is 5410. The van der Waals surface area contributed by atoms with Gasteiger partial charge in [-0.05, 0) is 306 Å². The summed E-state index contributed by atoms with van der Waals surface area (Å²) in [6, 6.07) is 46.3. The number of aromatic carboxylic acids is 1. The number of hydrogen-bond acceptors (Lipinski definition) is 27. The molecule has 0 saturated carbocycles. The fourth-order valence-electron chi connectivity index (χ4n) is 12.6. The molecule has 0 spiro atoms. The SMILES string of the molecule is C=C(C)C(=O)OCCCCCCCCOc1ccc(C(=O)O)cc1.C=C(C)C(=O)OCCCCCCCCOc1ccc(C(=O)Oc2ccc(/C=C/C(=O)O)cc2C)cc1.C=C(C)C(=O)OCCCCCCCCOc1ccc(C(=O)Oc2ccc(/C=C/C(=O)OC(C)(C)C)cc2C)cc1.C=C(C)C(=O)OCCCCCCCCOc1ccc(C(=O)Oc2ccc(/C=C/C(=O)OCCC#N)cc2C)cc1.N#CCCO. The molecule has 0 heterocycles. The van der Waals surface area contributed by atoms with Gasteiger partial charge < -0.3 is 76.9 Å². The average Bonchev–Trinajstić information content (AvgIpc) is 0.851. The lowest BCUT2D eigenvalue weighted by Gasteiger charge is -2.17. The molecular formula is C116H144N2O27. The minimum Gasteiger partial charge on any atom is -0.494 e. The Morgan fingerprint density at radius 3 is 0.793 bits per heavy atom. The molecule has 0 unspecified atom stereocenters. The number of carboxylic acids is 2. The molecule has 0 aliphatic rings. The van der Waals surface area contributed by atoms with Crippen LogP contribution in [0, 0.1) is 43.4 Å². The van der Waals surface area contributed by atoms with E-state index in [0.717, 1.165) is 188 Å². The van der Waals surface area contributed by atoms with Crippen LogP contribution in [0.1, 0.15) is 290 Å². The molecule has 0 saturated heterocycles. The molecular weight excluding hydrogens is 1850 g/mol. The number of hydrogen-bond donors (Lipinski definition) is 3. The number of carboxylic acid groups (broad SMARTS) is 2. The number of carbonyl (C=O) groups excluding carboxylic acids is 9. The van der Waals surface area contributed by atoms with Crippen LogP contribution in [0.2, 0.25) is 0 Å². The van der Waals surface area contributed by atoms with E-state index in [1.165, 1.54) is 18.2 Å². The van der Waals surface area contributed by atoms with E-state index in [2.05, 4.69) is 26.3 Å². The lowest BCUT2D eigenvalue weighted by Crippen LogP contribution is -2.22. The highest BCUT2D eigenvalue weighted by Crippen LogP contribution is 2.28. The average molecular weight is 2000 g/mol. The van der Waals surface area contributed by atoms with Crippen LogP contribution in [-0.4, -0.2) is 153 Å². The summed E-state index contributed by atoms with van der Waals surface area (Å²) in [6.07, 6.45) is 33.2. The van der Waals surface area contributed by atoms with Crippen LogP contribution in [0.4, 0.5) is 0 Å². The maximum absolute atomic E-state index is 12.6. The van der Waals surface area contributed by atoms with E-state index in [1.807, 2.05) is 46.8 Å². The van der Waals surface area contributed by atoms with Crippen molar-refractivity contribution in [1.29, 1.82) is 10.5 Å². The Kier molecular flexibility index (Phi) is 63.4. The van der Waals surface area contributed by atoms with Crippen molar-refractivity contribution in [3.05, 3.63) is 274 Å². The predicted octanol–water partition coefficient (Wildman–Crippen LogP) is 24.2. The van der Waals surface area contributed by atoms with Gasteiger partial charge in [-0.2, -0.15) is 10.5 Å². The molecule has 7 aromatic rings. The first-order valence-corrected chi connectivity index (χ1v) is 48.9. The number of carbonyl (C=O) groups is 11. The maximum atomic E-state index is 12.6. The zero-order chi connectivity index (χ0) is 107. The molecule has 0 bridgehead atoms. The zero-order valence-corrected chi connectivity index (χ0v) is 85.7. The van der Waals surface area contributed by atoms with Crippen molar-refractivity contribution in [2.75, 3.05) is 66.1 Å². The number of aliphatic hydroxyl groups excluding tert-OH is 1. The molecule has 780 valence electrons. The molecule has 0 aromatic heterocycles. The Labute approximate surface area is 853 Å². The third-order valence-corrected chi connectivity index (χ3v) is 20.5. The number of unbranched alkanes of at least 4 members (excludes halogenated alkanes) is 20. The molecule has 0 aliphatic carbocycles. The third-order valence-electron chi connectivity index (χ3n) is 20.5. The van der Waals surface area contributed by atoms with Gasteiger partial charge in [0.15, 0.2) is 0 Å². The van der Waals surface area contributed by atoms with Crippen molar-refractivity contribution in [3.8, 4) is 52.4 Å². The van der Waals surface area contributed by atoms with Crippen LogP contribution in [-0.2, 0) is 62.0 Å². The number of nitrogens with zero attached hydrogens (tertiary/aromatic N) is 2. The lowest BCUT2D eigenvalue weighted by atomic mass is 10.1. The van der Waals surface area contributed by atoms with Gasteiger partial charge in [0.2, 0.25) is 0 Å². The number of aliphatic carboxylic acids is 1. The van der Waals surface area contributed by atoms with Crippen molar-refractivity contribution in [1.82, 2.24) is 0 Å². The summed E-state index contributed by atoms with van der Waals surface area (Å²) in [5, 5.41) is 41.5. The summed E-state index contributed by atoms with van der Waals surface area (Å²) in [5.74, 6) is -1.54.